The zero-order valence-electron chi connectivity index (χ0n) is 17.9. The number of fused-ring (bicyclic) bond motifs is 1. The second-order valence-electron chi connectivity index (χ2n) is 8.54. The van der Waals surface area contributed by atoms with Crippen LogP contribution < -0.4 is 10.1 Å². The molecule has 4 aromatic rings. The van der Waals surface area contributed by atoms with Crippen LogP contribution in [0.4, 0.5) is 5.82 Å². The number of ether oxygens (including phenoxy) is 1. The van der Waals surface area contributed by atoms with E-state index in [1.54, 1.807) is 30.3 Å². The van der Waals surface area contributed by atoms with Crippen molar-refractivity contribution >= 4 is 29.0 Å². The largest absolute Gasteiger partial charge is 0.423 e. The molecule has 2 heterocycles. The number of aryl methyl sites for hydroxylation is 1. The molecule has 0 saturated heterocycles. The molecule has 0 fully saturated rings. The molecule has 2 aromatic carbocycles. The summed E-state index contributed by atoms with van der Waals surface area (Å²) < 4.78 is 7.64. The first-order valence-electron chi connectivity index (χ1n) is 10.0. The number of carbonyl (C=O) groups excluding carboxylic acids is 1. The normalized spacial score (nSPS) is 11.5. The van der Waals surface area contributed by atoms with Crippen LogP contribution in [-0.2, 0) is 0 Å². The van der Waals surface area contributed by atoms with Gasteiger partial charge in [-0.05, 0) is 81.8 Å². The highest BCUT2D eigenvalue weighted by Gasteiger charge is 2.20. The Kier molecular flexibility index (Phi) is 5.46. The Bertz CT molecular complexity index is 1250. The Labute approximate surface area is 186 Å². The summed E-state index contributed by atoms with van der Waals surface area (Å²) in [6.07, 6.45) is 2.01. The standard InChI is InChI=1S/C25H24ClN3O2/c1-16-12-13-29-21(14-16)27-22(23(29)28-25(2,3)4)18-6-5-7-20(15-18)31-24(30)17-8-10-19(26)11-9-17/h5-15,28H,1-4H3. The van der Waals surface area contributed by atoms with Crippen molar-refractivity contribution in [3.8, 4) is 17.0 Å². The van der Waals surface area contributed by atoms with Crippen LogP contribution in [0.1, 0.15) is 36.7 Å². The first-order chi connectivity index (χ1) is 14.7. The zero-order valence-corrected chi connectivity index (χ0v) is 18.7. The Morgan fingerprint density at radius 2 is 1.81 bits per heavy atom. The second kappa shape index (κ2) is 8.08. The lowest BCUT2D eigenvalue weighted by Gasteiger charge is -2.22. The van der Waals surface area contributed by atoms with Crippen LogP contribution in [0.15, 0.2) is 66.9 Å². The molecule has 0 spiro atoms. The van der Waals surface area contributed by atoms with Gasteiger partial charge in [0.15, 0.2) is 0 Å². The third-order valence-corrected chi connectivity index (χ3v) is 4.92. The van der Waals surface area contributed by atoms with Crippen LogP contribution in [0.2, 0.25) is 5.02 Å². The molecule has 0 atom stereocenters. The lowest BCUT2D eigenvalue weighted by atomic mass is 10.1. The molecule has 0 unspecified atom stereocenters. The van der Waals surface area contributed by atoms with Crippen molar-refractivity contribution < 1.29 is 9.53 Å². The predicted molar refractivity (Wildman–Crippen MR) is 125 cm³/mol. The number of esters is 1. The molecule has 4 rings (SSSR count). The summed E-state index contributed by atoms with van der Waals surface area (Å²) in [5.41, 5.74) is 3.92. The molecule has 0 amide bonds. The summed E-state index contributed by atoms with van der Waals surface area (Å²) in [7, 11) is 0. The Morgan fingerprint density at radius 1 is 1.06 bits per heavy atom. The van der Waals surface area contributed by atoms with Crippen LogP contribution >= 0.6 is 11.6 Å². The van der Waals surface area contributed by atoms with Crippen molar-refractivity contribution in [2.24, 2.45) is 0 Å². The van der Waals surface area contributed by atoms with Gasteiger partial charge in [0.05, 0.1) is 5.56 Å². The molecule has 0 saturated carbocycles. The molecule has 158 valence electrons. The number of nitrogens with zero attached hydrogens (tertiary/aromatic N) is 2. The molecule has 0 aliphatic rings. The van der Waals surface area contributed by atoms with Gasteiger partial charge in [0, 0.05) is 22.3 Å². The fraction of sp³-hybridized carbons (Fsp3) is 0.200. The van der Waals surface area contributed by atoms with E-state index in [1.807, 2.05) is 41.8 Å². The van der Waals surface area contributed by atoms with E-state index < -0.39 is 5.97 Å². The molecule has 5 nitrogen and oxygen atoms in total. The fourth-order valence-corrected chi connectivity index (χ4v) is 3.41. The number of nitrogens with one attached hydrogen (secondary N) is 1. The summed E-state index contributed by atoms with van der Waals surface area (Å²) in [4.78, 5) is 17.4. The average Bonchev–Trinajstić information content (AvgIpc) is 3.04. The number of aromatic nitrogens is 2. The summed E-state index contributed by atoms with van der Waals surface area (Å²) in [6.45, 7) is 8.36. The number of pyridine rings is 1. The number of carbonyl (C=O) groups is 1. The van der Waals surface area contributed by atoms with Crippen molar-refractivity contribution in [3.05, 3.63) is 83.0 Å². The monoisotopic (exact) mass is 433 g/mol. The molecule has 0 bridgehead atoms. The SMILES string of the molecule is Cc1ccn2c(NC(C)(C)C)c(-c3cccc(OC(=O)c4ccc(Cl)cc4)c3)nc2c1. The topological polar surface area (TPSA) is 55.6 Å². The van der Waals surface area contributed by atoms with Gasteiger partial charge in [0.2, 0.25) is 0 Å². The fourth-order valence-electron chi connectivity index (χ4n) is 3.28. The third kappa shape index (κ3) is 4.72. The summed E-state index contributed by atoms with van der Waals surface area (Å²) >= 11 is 5.90. The Balaban J connectivity index is 1.72. The van der Waals surface area contributed by atoms with Crippen molar-refractivity contribution in [2.75, 3.05) is 5.32 Å². The van der Waals surface area contributed by atoms with E-state index in [0.717, 1.165) is 28.3 Å². The van der Waals surface area contributed by atoms with Gasteiger partial charge in [-0.3, -0.25) is 4.40 Å². The highest BCUT2D eigenvalue weighted by Crippen LogP contribution is 2.33. The number of benzene rings is 2. The second-order valence-corrected chi connectivity index (χ2v) is 8.98. The van der Waals surface area contributed by atoms with E-state index in [2.05, 4.69) is 32.2 Å². The minimum Gasteiger partial charge on any atom is -0.423 e. The molecule has 1 N–H and O–H groups in total. The maximum Gasteiger partial charge on any atom is 0.343 e. The maximum atomic E-state index is 12.5. The van der Waals surface area contributed by atoms with E-state index in [-0.39, 0.29) is 5.54 Å². The van der Waals surface area contributed by atoms with E-state index in [1.165, 1.54) is 0 Å². The molecular formula is C25H24ClN3O2. The number of hydrogen-bond acceptors (Lipinski definition) is 4. The maximum absolute atomic E-state index is 12.5. The van der Waals surface area contributed by atoms with Gasteiger partial charge in [0.25, 0.3) is 0 Å². The molecule has 31 heavy (non-hydrogen) atoms. The number of halogens is 1. The quantitative estimate of drug-likeness (QED) is 0.299. The minimum atomic E-state index is -0.438. The van der Waals surface area contributed by atoms with Crippen molar-refractivity contribution in [3.63, 3.8) is 0 Å². The predicted octanol–water partition coefficient (Wildman–Crippen LogP) is 6.39. The number of anilines is 1. The van der Waals surface area contributed by atoms with Crippen LogP contribution in [0.3, 0.4) is 0 Å². The van der Waals surface area contributed by atoms with Crippen molar-refractivity contribution in [1.82, 2.24) is 9.38 Å². The molecule has 0 aliphatic heterocycles. The summed E-state index contributed by atoms with van der Waals surface area (Å²) in [5, 5.41) is 4.13. The van der Waals surface area contributed by atoms with E-state index in [4.69, 9.17) is 21.3 Å². The van der Waals surface area contributed by atoms with Gasteiger partial charge in [-0.25, -0.2) is 9.78 Å². The van der Waals surface area contributed by atoms with Gasteiger partial charge in [0.1, 0.15) is 22.9 Å². The van der Waals surface area contributed by atoms with Crippen LogP contribution in [-0.4, -0.2) is 20.9 Å². The first-order valence-corrected chi connectivity index (χ1v) is 10.4. The average molecular weight is 434 g/mol. The number of imidazole rings is 1. The zero-order chi connectivity index (χ0) is 22.2. The smallest absolute Gasteiger partial charge is 0.343 e. The van der Waals surface area contributed by atoms with Gasteiger partial charge in [-0.1, -0.05) is 23.7 Å². The third-order valence-electron chi connectivity index (χ3n) is 4.67. The van der Waals surface area contributed by atoms with Gasteiger partial charge < -0.3 is 10.1 Å². The van der Waals surface area contributed by atoms with E-state index >= 15 is 0 Å². The first kappa shape index (κ1) is 20.9. The Morgan fingerprint density at radius 3 is 2.52 bits per heavy atom. The lowest BCUT2D eigenvalue weighted by Crippen LogP contribution is -2.27. The minimum absolute atomic E-state index is 0.158. The van der Waals surface area contributed by atoms with Crippen LogP contribution in [0.5, 0.6) is 5.75 Å². The van der Waals surface area contributed by atoms with Crippen molar-refractivity contribution in [2.45, 2.75) is 33.2 Å². The lowest BCUT2D eigenvalue weighted by molar-refractivity contribution is 0.0735. The highest BCUT2D eigenvalue weighted by molar-refractivity contribution is 6.30. The number of hydrogen-bond donors (Lipinski definition) is 1. The Hall–Kier alpha value is -3.31. The highest BCUT2D eigenvalue weighted by atomic mass is 35.5. The van der Waals surface area contributed by atoms with E-state index in [9.17, 15) is 4.79 Å². The van der Waals surface area contributed by atoms with Crippen LogP contribution in [0.25, 0.3) is 16.9 Å². The summed E-state index contributed by atoms with van der Waals surface area (Å²) in [5.74, 6) is 0.906. The molecular weight excluding hydrogens is 410 g/mol. The molecule has 2 aromatic heterocycles. The van der Waals surface area contributed by atoms with Crippen molar-refractivity contribution in [1.29, 1.82) is 0 Å². The molecule has 0 radical (unpaired) electrons. The van der Waals surface area contributed by atoms with Gasteiger partial charge in [-0.2, -0.15) is 0 Å². The molecule has 0 aliphatic carbocycles. The van der Waals surface area contributed by atoms with Gasteiger partial charge in [-0.15, -0.1) is 0 Å². The van der Waals surface area contributed by atoms with E-state index in [0.29, 0.717) is 16.3 Å². The van der Waals surface area contributed by atoms with Gasteiger partial charge >= 0.3 is 5.97 Å². The molecule has 6 heteroatoms. The van der Waals surface area contributed by atoms with Crippen LogP contribution in [0, 0.1) is 6.92 Å². The summed E-state index contributed by atoms with van der Waals surface area (Å²) in [6, 6.07) is 18.1. The number of rotatable bonds is 4.